The number of oxazole rings is 1. The van der Waals surface area contributed by atoms with Gasteiger partial charge in [0.1, 0.15) is 5.76 Å². The highest BCUT2D eigenvalue weighted by molar-refractivity contribution is 7.92. The van der Waals surface area contributed by atoms with E-state index in [1.165, 1.54) is 0 Å². The summed E-state index contributed by atoms with van der Waals surface area (Å²) in [6.45, 7) is 0.618. The quantitative estimate of drug-likeness (QED) is 0.839. The van der Waals surface area contributed by atoms with Crippen molar-refractivity contribution >= 4 is 9.84 Å². The summed E-state index contributed by atoms with van der Waals surface area (Å²) in [5.74, 6) is 1.63. The zero-order chi connectivity index (χ0) is 12.3. The average Bonchev–Trinajstić information content (AvgIpc) is 2.84. The Morgan fingerprint density at radius 2 is 2.35 bits per heavy atom. The van der Waals surface area contributed by atoms with Gasteiger partial charge < -0.3 is 10.2 Å². The standard InChI is InChI=1S/C11H18N2O3S/c12-5-1-3-9-8-13-11(16-9)7-10-4-2-6-17(10,14)15/h8,10H,1-7,12H2. The van der Waals surface area contributed by atoms with Gasteiger partial charge in [-0.15, -0.1) is 0 Å². The first-order valence-corrected chi connectivity index (χ1v) is 7.68. The lowest BCUT2D eigenvalue weighted by Crippen LogP contribution is -2.18. The van der Waals surface area contributed by atoms with Crippen molar-refractivity contribution in [2.45, 2.75) is 37.4 Å². The van der Waals surface area contributed by atoms with E-state index < -0.39 is 9.84 Å². The van der Waals surface area contributed by atoms with Gasteiger partial charge in [-0.05, 0) is 25.8 Å². The molecule has 0 amide bonds. The summed E-state index contributed by atoms with van der Waals surface area (Å²) in [5, 5.41) is -0.302. The molecule has 0 aromatic carbocycles. The van der Waals surface area contributed by atoms with Crippen LogP contribution in [-0.4, -0.2) is 30.9 Å². The van der Waals surface area contributed by atoms with Gasteiger partial charge in [-0.3, -0.25) is 0 Å². The van der Waals surface area contributed by atoms with Gasteiger partial charge >= 0.3 is 0 Å². The van der Waals surface area contributed by atoms with Gasteiger partial charge in [0, 0.05) is 12.8 Å². The Labute approximate surface area is 101 Å². The Bertz CT molecular complexity index is 467. The van der Waals surface area contributed by atoms with Crippen molar-refractivity contribution in [2.24, 2.45) is 5.73 Å². The van der Waals surface area contributed by atoms with Crippen LogP contribution < -0.4 is 5.73 Å². The summed E-state index contributed by atoms with van der Waals surface area (Å²) in [7, 11) is -2.91. The molecule has 1 aliphatic heterocycles. The maximum absolute atomic E-state index is 11.7. The fourth-order valence-electron chi connectivity index (χ4n) is 2.12. The summed E-state index contributed by atoms with van der Waals surface area (Å²) >= 11 is 0. The van der Waals surface area contributed by atoms with E-state index in [4.69, 9.17) is 10.2 Å². The Morgan fingerprint density at radius 3 is 3.00 bits per heavy atom. The molecule has 6 heteroatoms. The molecule has 1 unspecified atom stereocenters. The SMILES string of the molecule is NCCCc1cnc(CC2CCCS2(=O)=O)o1. The van der Waals surface area contributed by atoms with Gasteiger partial charge in [-0.2, -0.15) is 0 Å². The van der Waals surface area contributed by atoms with Crippen LogP contribution in [-0.2, 0) is 22.7 Å². The van der Waals surface area contributed by atoms with E-state index in [9.17, 15) is 8.42 Å². The number of aryl methyl sites for hydroxylation is 1. The van der Waals surface area contributed by atoms with Crippen LogP contribution in [0.25, 0.3) is 0 Å². The van der Waals surface area contributed by atoms with Gasteiger partial charge in [0.15, 0.2) is 15.7 Å². The number of nitrogens with two attached hydrogens (primary N) is 1. The summed E-state index contributed by atoms with van der Waals surface area (Å²) in [6, 6.07) is 0. The van der Waals surface area contributed by atoms with Gasteiger partial charge in [0.2, 0.25) is 0 Å². The van der Waals surface area contributed by atoms with Crippen LogP contribution in [0.2, 0.25) is 0 Å². The third kappa shape index (κ3) is 3.07. The Hall–Kier alpha value is -0.880. The topological polar surface area (TPSA) is 86.2 Å². The molecule has 0 aliphatic carbocycles. The first kappa shape index (κ1) is 12.6. The molecule has 1 fully saturated rings. The maximum atomic E-state index is 11.7. The zero-order valence-electron chi connectivity index (χ0n) is 9.76. The summed E-state index contributed by atoms with van der Waals surface area (Å²) in [5.41, 5.74) is 5.41. The first-order chi connectivity index (χ1) is 8.12. The van der Waals surface area contributed by atoms with Gasteiger partial charge in [0.05, 0.1) is 17.2 Å². The molecule has 0 saturated carbocycles. The van der Waals surface area contributed by atoms with E-state index in [0.717, 1.165) is 31.4 Å². The number of rotatable bonds is 5. The third-order valence-corrected chi connectivity index (χ3v) is 5.37. The molecule has 2 rings (SSSR count). The van der Waals surface area contributed by atoms with Crippen LogP contribution in [0.5, 0.6) is 0 Å². The van der Waals surface area contributed by atoms with E-state index in [1.54, 1.807) is 6.20 Å². The molecule has 96 valence electrons. The van der Waals surface area contributed by atoms with Crippen LogP contribution in [0, 0.1) is 0 Å². The molecule has 1 aliphatic rings. The molecule has 0 spiro atoms. The molecule has 1 aromatic rings. The molecule has 0 radical (unpaired) electrons. The number of nitrogens with zero attached hydrogens (tertiary/aromatic N) is 1. The number of hydrogen-bond donors (Lipinski definition) is 1. The second kappa shape index (κ2) is 5.18. The van der Waals surface area contributed by atoms with Gasteiger partial charge in [0.25, 0.3) is 0 Å². The van der Waals surface area contributed by atoms with Crippen LogP contribution in [0.3, 0.4) is 0 Å². The van der Waals surface area contributed by atoms with E-state index in [-0.39, 0.29) is 5.25 Å². The molecular weight excluding hydrogens is 240 g/mol. The zero-order valence-corrected chi connectivity index (χ0v) is 10.6. The first-order valence-electron chi connectivity index (χ1n) is 5.97. The Kier molecular flexibility index (Phi) is 3.83. The summed E-state index contributed by atoms with van der Waals surface area (Å²) < 4.78 is 28.8. The Balaban J connectivity index is 1.97. The number of aromatic nitrogens is 1. The van der Waals surface area contributed by atoms with Crippen molar-refractivity contribution in [3.8, 4) is 0 Å². The molecule has 1 saturated heterocycles. The molecule has 2 N–H and O–H groups in total. The Morgan fingerprint density at radius 1 is 1.53 bits per heavy atom. The lowest BCUT2D eigenvalue weighted by Gasteiger charge is -2.05. The highest BCUT2D eigenvalue weighted by Crippen LogP contribution is 2.23. The molecular formula is C11H18N2O3S. The molecule has 17 heavy (non-hydrogen) atoms. The predicted molar refractivity (Wildman–Crippen MR) is 64.4 cm³/mol. The van der Waals surface area contributed by atoms with E-state index in [0.29, 0.717) is 24.6 Å². The van der Waals surface area contributed by atoms with Crippen molar-refractivity contribution < 1.29 is 12.8 Å². The second-order valence-electron chi connectivity index (χ2n) is 4.45. The largest absolute Gasteiger partial charge is 0.446 e. The normalized spacial score (nSPS) is 23.0. The van der Waals surface area contributed by atoms with E-state index >= 15 is 0 Å². The minimum absolute atomic E-state index is 0.302. The van der Waals surface area contributed by atoms with Crippen molar-refractivity contribution in [1.82, 2.24) is 4.98 Å². The van der Waals surface area contributed by atoms with Crippen LogP contribution in [0.4, 0.5) is 0 Å². The fourth-order valence-corrected chi connectivity index (χ4v) is 3.94. The monoisotopic (exact) mass is 258 g/mol. The highest BCUT2D eigenvalue weighted by Gasteiger charge is 2.32. The molecule has 5 nitrogen and oxygen atoms in total. The summed E-state index contributed by atoms with van der Waals surface area (Å²) in [4.78, 5) is 4.13. The van der Waals surface area contributed by atoms with Gasteiger partial charge in [-0.1, -0.05) is 0 Å². The second-order valence-corrected chi connectivity index (χ2v) is 6.85. The van der Waals surface area contributed by atoms with Crippen molar-refractivity contribution in [1.29, 1.82) is 0 Å². The predicted octanol–water partition coefficient (Wildman–Crippen LogP) is 0.686. The minimum atomic E-state index is -2.91. The van der Waals surface area contributed by atoms with Crippen LogP contribution >= 0.6 is 0 Å². The molecule has 0 bridgehead atoms. The summed E-state index contributed by atoms with van der Waals surface area (Å²) in [6.07, 6.45) is 5.19. The number of sulfone groups is 1. The van der Waals surface area contributed by atoms with Crippen LogP contribution in [0.1, 0.15) is 30.9 Å². The third-order valence-electron chi connectivity index (χ3n) is 3.09. The minimum Gasteiger partial charge on any atom is -0.446 e. The van der Waals surface area contributed by atoms with E-state index in [2.05, 4.69) is 4.98 Å². The average molecular weight is 258 g/mol. The van der Waals surface area contributed by atoms with Gasteiger partial charge in [-0.25, -0.2) is 13.4 Å². The maximum Gasteiger partial charge on any atom is 0.195 e. The lowest BCUT2D eigenvalue weighted by molar-refractivity contribution is 0.444. The van der Waals surface area contributed by atoms with Crippen LogP contribution in [0.15, 0.2) is 10.6 Å². The van der Waals surface area contributed by atoms with Crippen molar-refractivity contribution in [2.75, 3.05) is 12.3 Å². The number of hydrogen-bond acceptors (Lipinski definition) is 5. The lowest BCUT2D eigenvalue weighted by atomic mass is 10.2. The molecule has 1 atom stereocenters. The van der Waals surface area contributed by atoms with Crippen molar-refractivity contribution in [3.05, 3.63) is 17.8 Å². The molecule has 1 aromatic heterocycles. The highest BCUT2D eigenvalue weighted by atomic mass is 32.2. The smallest absolute Gasteiger partial charge is 0.195 e. The molecule has 2 heterocycles. The fraction of sp³-hybridized carbons (Fsp3) is 0.727. The van der Waals surface area contributed by atoms with E-state index in [1.807, 2.05) is 0 Å². The van der Waals surface area contributed by atoms with Crippen molar-refractivity contribution in [3.63, 3.8) is 0 Å².